The van der Waals surface area contributed by atoms with Crippen molar-refractivity contribution in [3.63, 3.8) is 0 Å². The lowest BCUT2D eigenvalue weighted by Gasteiger charge is -2.29. The molecule has 0 aliphatic rings. The highest BCUT2D eigenvalue weighted by molar-refractivity contribution is 6.30. The molecule has 0 saturated carbocycles. The van der Waals surface area contributed by atoms with E-state index in [-0.39, 0.29) is 0 Å². The number of nitrogens with zero attached hydrogens (tertiary/aromatic N) is 4. The number of aryl methyl sites for hydroxylation is 1. The minimum Gasteiger partial charge on any atom is -0.454 e. The Balaban J connectivity index is 0.000000144. The number of anilines is 12. The summed E-state index contributed by atoms with van der Waals surface area (Å²) in [5.74, 6) is 0. The maximum absolute atomic E-state index is 6.68. The Morgan fingerprint density at radius 2 is 0.465 bits per heavy atom. The molecule has 0 aliphatic carbocycles. The van der Waals surface area contributed by atoms with Crippen LogP contribution >= 0.6 is 0 Å². The van der Waals surface area contributed by atoms with Crippen LogP contribution in [-0.4, -0.2) is 0 Å². The van der Waals surface area contributed by atoms with Crippen LogP contribution in [0.2, 0.25) is 0 Å². The van der Waals surface area contributed by atoms with Gasteiger partial charge in [-0.05, 0) is 233 Å². The van der Waals surface area contributed by atoms with Crippen molar-refractivity contribution in [3.8, 4) is 55.6 Å². The van der Waals surface area contributed by atoms with Gasteiger partial charge >= 0.3 is 0 Å². The summed E-state index contributed by atoms with van der Waals surface area (Å²) >= 11 is 0. The molecule has 25 rings (SSSR count). The molecule has 0 saturated heterocycles. The van der Waals surface area contributed by atoms with Crippen molar-refractivity contribution in [2.75, 3.05) is 19.6 Å². The zero-order valence-corrected chi connectivity index (χ0v) is 70.7. The van der Waals surface area contributed by atoms with Crippen LogP contribution < -0.4 is 19.6 Å². The first-order chi connectivity index (χ1) is 63.9. The summed E-state index contributed by atoms with van der Waals surface area (Å²) in [7, 11) is 0. The highest BCUT2D eigenvalue weighted by atomic mass is 16.3. The first-order valence-corrected chi connectivity index (χ1v) is 44.2. The zero-order valence-electron chi connectivity index (χ0n) is 70.7. The Labute approximate surface area is 747 Å². The van der Waals surface area contributed by atoms with Crippen molar-refractivity contribution < 1.29 is 8.83 Å². The maximum Gasteiger partial charge on any atom is 0.159 e. The smallest absolute Gasteiger partial charge is 0.159 e. The van der Waals surface area contributed by atoms with Crippen LogP contribution in [0.5, 0.6) is 0 Å². The summed E-state index contributed by atoms with van der Waals surface area (Å²) in [6, 6.07) is 173. The number of furan rings is 2. The van der Waals surface area contributed by atoms with Crippen molar-refractivity contribution in [2.45, 2.75) is 6.92 Å². The minimum absolute atomic E-state index is 0.871. The highest BCUT2D eigenvalue weighted by Crippen LogP contribution is 2.53. The van der Waals surface area contributed by atoms with Gasteiger partial charge in [0.15, 0.2) is 11.2 Å². The molecule has 6 nitrogen and oxygen atoms in total. The summed E-state index contributed by atoms with van der Waals surface area (Å²) < 4.78 is 13.3. The fourth-order valence-electron chi connectivity index (χ4n) is 19.9. The maximum atomic E-state index is 6.68. The molecular weight excluding hydrogens is 1570 g/mol. The van der Waals surface area contributed by atoms with Crippen LogP contribution in [0.1, 0.15) is 5.56 Å². The van der Waals surface area contributed by atoms with Crippen LogP contribution in [-0.2, 0) is 0 Å². The summed E-state index contributed by atoms with van der Waals surface area (Å²) in [6.45, 7) is 2.15. The lowest BCUT2D eigenvalue weighted by atomic mass is 9.89. The Hall–Kier alpha value is -17.1. The van der Waals surface area contributed by atoms with E-state index < -0.39 is 0 Å². The van der Waals surface area contributed by atoms with E-state index in [4.69, 9.17) is 8.83 Å². The molecule has 0 bridgehead atoms. The summed E-state index contributed by atoms with van der Waals surface area (Å²) in [4.78, 5) is 9.50. The van der Waals surface area contributed by atoms with E-state index >= 15 is 0 Å². The van der Waals surface area contributed by atoms with Crippen LogP contribution in [0.4, 0.5) is 68.2 Å². The van der Waals surface area contributed by atoms with E-state index in [9.17, 15) is 0 Å². The highest BCUT2D eigenvalue weighted by Gasteiger charge is 2.28. The number of fused-ring (bicyclic) bond motifs is 6. The molecule has 0 unspecified atom stereocenters. The van der Waals surface area contributed by atoms with E-state index in [2.05, 4.69) is 494 Å². The van der Waals surface area contributed by atoms with E-state index in [1.54, 1.807) is 0 Å². The van der Waals surface area contributed by atoms with Gasteiger partial charge in [0.25, 0.3) is 0 Å². The van der Waals surface area contributed by atoms with Crippen LogP contribution in [0.3, 0.4) is 0 Å². The van der Waals surface area contributed by atoms with Crippen molar-refractivity contribution in [1.29, 1.82) is 0 Å². The van der Waals surface area contributed by atoms with Crippen molar-refractivity contribution >= 4 is 177 Å². The second kappa shape index (κ2) is 31.9. The Morgan fingerprint density at radius 1 is 0.163 bits per heavy atom. The molecule has 0 aliphatic heterocycles. The second-order valence-electron chi connectivity index (χ2n) is 33.4. The summed E-state index contributed by atoms with van der Waals surface area (Å²) in [5.41, 5.74) is 29.6. The van der Waals surface area contributed by atoms with Gasteiger partial charge in [0.1, 0.15) is 11.2 Å². The van der Waals surface area contributed by atoms with Gasteiger partial charge in [-0.3, -0.25) is 0 Å². The molecule has 6 heteroatoms. The standard InChI is InChI=1S/C65H44N2O.C58H38N2O/c1-43-24-33-51(34-25-43)66(60-41-32-49(44-14-5-2-6-15-44)42-58(60)45-16-7-3-8-17-45)52-35-26-46(27-36-52)53-37-28-47-30-39-57-59(40-31-48-29-38-55(53)63(47)64(48)57)67(50-18-9-4-10-19-50)61-22-13-21-56-54-20-11-12-23-62(54)68-65(56)61;1-4-15-39(16-5-1)47-21-10-12-24-52(47)59(43-17-6-2-7-18-43)45-33-27-40(28-34-45)46-35-29-41-31-37-51-53(38-32-42-30-36-49(46)56(41)57(42)51)60(44-19-8-3-9-20-44)54-25-14-23-50-48-22-11-13-26-55(48)61-58(50)54/h2-42H,1H3;1-38H. The molecule has 2 heterocycles. The molecule has 2 aromatic heterocycles. The SMILES string of the molecule is Cc1ccc(N(c2ccc(-c3ccc4ccc5c(N(c6ccccc6)c6cccc7c6oc6ccccc67)ccc6ccc3c4c65)cc2)c2ccc(-c3ccccc3)cc2-c2ccccc2)cc1.c1ccc(-c2ccccc2N(c2ccccc2)c2ccc(-c3ccc4ccc5c(N(c6ccccc6)c6cccc7c6oc6ccccc67)ccc6ccc3c4c65)cc2)cc1. The zero-order chi connectivity index (χ0) is 85.4. The van der Waals surface area contributed by atoms with Crippen molar-refractivity contribution in [2.24, 2.45) is 0 Å². The molecule has 0 N–H and O–H groups in total. The molecule has 129 heavy (non-hydrogen) atoms. The minimum atomic E-state index is 0.871. The lowest BCUT2D eigenvalue weighted by Crippen LogP contribution is -2.11. The fraction of sp³-hybridized carbons (Fsp3) is 0.00813. The molecule has 0 fully saturated rings. The van der Waals surface area contributed by atoms with Crippen LogP contribution in [0, 0.1) is 6.92 Å². The number of hydrogen-bond acceptors (Lipinski definition) is 6. The average molecular weight is 1650 g/mol. The van der Waals surface area contributed by atoms with Crippen LogP contribution in [0.15, 0.2) is 488 Å². The number of hydrogen-bond donors (Lipinski definition) is 0. The molecule has 606 valence electrons. The van der Waals surface area contributed by atoms with Gasteiger partial charge in [-0.1, -0.05) is 357 Å². The topological polar surface area (TPSA) is 39.2 Å². The predicted molar refractivity (Wildman–Crippen MR) is 545 cm³/mol. The van der Waals surface area contributed by atoms with E-state index in [0.717, 1.165) is 112 Å². The Morgan fingerprint density at radius 3 is 0.922 bits per heavy atom. The molecule has 0 amide bonds. The number of para-hydroxylation sites is 8. The van der Waals surface area contributed by atoms with Gasteiger partial charge in [0.2, 0.25) is 0 Å². The quantitative estimate of drug-likeness (QED) is 0.0846. The molecular formula is C123H82N4O2. The van der Waals surface area contributed by atoms with E-state index in [1.807, 2.05) is 12.1 Å². The van der Waals surface area contributed by atoms with E-state index in [1.165, 1.54) is 126 Å². The predicted octanol–water partition coefficient (Wildman–Crippen LogP) is 35.5. The van der Waals surface area contributed by atoms with Crippen LogP contribution in [0.25, 0.3) is 164 Å². The van der Waals surface area contributed by atoms with Gasteiger partial charge in [-0.2, -0.15) is 0 Å². The molecule has 0 spiro atoms. The Kier molecular flexibility index (Phi) is 18.7. The monoisotopic (exact) mass is 1650 g/mol. The van der Waals surface area contributed by atoms with Gasteiger partial charge in [-0.25, -0.2) is 0 Å². The summed E-state index contributed by atoms with van der Waals surface area (Å²) in [6.07, 6.45) is 0. The molecule has 0 atom stereocenters. The average Bonchev–Trinajstić information content (AvgIpc) is 1.42. The normalized spacial score (nSPS) is 11.6. The van der Waals surface area contributed by atoms with Crippen molar-refractivity contribution in [1.82, 2.24) is 0 Å². The summed E-state index contributed by atoms with van der Waals surface area (Å²) in [5, 5.41) is 19.2. The first kappa shape index (κ1) is 75.7. The first-order valence-electron chi connectivity index (χ1n) is 44.2. The number of benzene rings is 23. The third-order valence-electron chi connectivity index (χ3n) is 25.9. The Bertz CT molecular complexity index is 8470. The third-order valence-corrected chi connectivity index (χ3v) is 25.9. The van der Waals surface area contributed by atoms with Gasteiger partial charge in [0.05, 0.1) is 34.1 Å². The molecule has 25 aromatic rings. The van der Waals surface area contributed by atoms with Gasteiger partial charge < -0.3 is 28.4 Å². The largest absolute Gasteiger partial charge is 0.454 e. The third kappa shape index (κ3) is 13.3. The number of rotatable bonds is 17. The van der Waals surface area contributed by atoms with E-state index in [0.29, 0.717) is 0 Å². The second-order valence-corrected chi connectivity index (χ2v) is 33.4. The fourth-order valence-corrected chi connectivity index (χ4v) is 19.9. The van der Waals surface area contributed by atoms with Gasteiger partial charge in [-0.15, -0.1) is 0 Å². The van der Waals surface area contributed by atoms with Crippen molar-refractivity contribution in [3.05, 3.63) is 485 Å². The molecule has 0 radical (unpaired) electrons. The van der Waals surface area contributed by atoms with Gasteiger partial charge in [0, 0.05) is 77.6 Å². The molecule has 23 aromatic carbocycles. The lowest BCUT2D eigenvalue weighted by molar-refractivity contribution is 0.669.